The molecule has 1 aliphatic rings. The summed E-state index contributed by atoms with van der Waals surface area (Å²) in [6, 6.07) is 0. The van der Waals surface area contributed by atoms with Gasteiger partial charge < -0.3 is 10.0 Å². The summed E-state index contributed by atoms with van der Waals surface area (Å²) in [5, 5.41) is 9.98. The van der Waals surface area contributed by atoms with Gasteiger partial charge in [-0.15, -0.1) is 0 Å². The normalized spacial score (nSPS) is 18.1. The van der Waals surface area contributed by atoms with E-state index in [0.717, 1.165) is 0 Å². The smallest absolute Gasteiger partial charge is 0.274 e. The van der Waals surface area contributed by atoms with Crippen LogP contribution in [-0.2, 0) is 0 Å². The van der Waals surface area contributed by atoms with E-state index in [9.17, 15) is 9.90 Å². The van der Waals surface area contributed by atoms with Crippen LogP contribution in [0.2, 0.25) is 5.15 Å². The van der Waals surface area contributed by atoms with Gasteiger partial charge in [0, 0.05) is 0 Å². The van der Waals surface area contributed by atoms with E-state index in [1.54, 1.807) is 0 Å². The number of amides is 1. The van der Waals surface area contributed by atoms with Crippen molar-refractivity contribution in [2.45, 2.75) is 18.9 Å². The van der Waals surface area contributed by atoms with E-state index in [1.165, 1.54) is 17.3 Å². The van der Waals surface area contributed by atoms with Crippen molar-refractivity contribution in [3.05, 3.63) is 23.2 Å². The molecular formula is C10H12ClN3O2. The molecule has 1 saturated heterocycles. The van der Waals surface area contributed by atoms with Crippen LogP contribution >= 0.6 is 11.6 Å². The lowest BCUT2D eigenvalue weighted by molar-refractivity contribution is -0.0828. The molecule has 0 aromatic carbocycles. The zero-order valence-electron chi connectivity index (χ0n) is 8.85. The van der Waals surface area contributed by atoms with Crippen LogP contribution in [0.4, 0.5) is 0 Å². The van der Waals surface area contributed by atoms with Crippen molar-refractivity contribution in [2.24, 2.45) is 0 Å². The predicted molar refractivity (Wildman–Crippen MR) is 58.2 cm³/mol. The Kier molecular flexibility index (Phi) is 2.82. The minimum absolute atomic E-state index is 0.192. The lowest BCUT2D eigenvalue weighted by Gasteiger charge is -2.45. The summed E-state index contributed by atoms with van der Waals surface area (Å²) < 4.78 is 0. The van der Waals surface area contributed by atoms with Gasteiger partial charge in [-0.3, -0.25) is 9.78 Å². The Morgan fingerprint density at radius 1 is 1.62 bits per heavy atom. The Hall–Kier alpha value is -1.20. The quantitative estimate of drug-likeness (QED) is 0.829. The molecule has 1 aliphatic heterocycles. The Bertz CT molecular complexity index is 418. The second kappa shape index (κ2) is 3.99. The number of carbonyl (C=O) groups is 1. The molecule has 0 spiro atoms. The summed E-state index contributed by atoms with van der Waals surface area (Å²) in [5.74, 6) is -0.242. The highest BCUT2D eigenvalue weighted by Gasteiger charge is 2.42. The lowest BCUT2D eigenvalue weighted by atomic mass is 9.91. The molecule has 0 bridgehead atoms. The van der Waals surface area contributed by atoms with Crippen molar-refractivity contribution in [2.75, 3.05) is 13.1 Å². The molecule has 1 aromatic rings. The molecule has 0 saturated carbocycles. The minimum Gasteiger partial charge on any atom is -0.386 e. The third-order valence-corrected chi connectivity index (χ3v) is 2.92. The second-order valence-corrected chi connectivity index (χ2v) is 4.35. The van der Waals surface area contributed by atoms with Gasteiger partial charge in [-0.25, -0.2) is 4.98 Å². The summed E-state index contributed by atoms with van der Waals surface area (Å²) >= 11 is 5.64. The zero-order valence-corrected chi connectivity index (χ0v) is 9.61. The Balaban J connectivity index is 2.06. The van der Waals surface area contributed by atoms with Gasteiger partial charge >= 0.3 is 0 Å². The molecule has 5 nitrogen and oxygen atoms in total. The van der Waals surface area contributed by atoms with Gasteiger partial charge in [-0.1, -0.05) is 18.5 Å². The second-order valence-electron chi connectivity index (χ2n) is 3.97. The number of likely N-dealkylation sites (tertiary alicyclic amines) is 1. The standard InChI is InChI=1S/C10H12ClN3O2/c1-2-10(16)5-14(6-10)9(15)7-3-12-4-8(11)13-7/h3-4,16H,2,5-6H2,1H3. The molecule has 1 N–H and O–H groups in total. The van der Waals surface area contributed by atoms with E-state index < -0.39 is 5.60 Å². The fourth-order valence-electron chi connectivity index (χ4n) is 1.64. The number of aliphatic hydroxyl groups is 1. The number of β-amino-alcohol motifs (C(OH)–C–C–N with tert-alkyl or cyclic N) is 1. The van der Waals surface area contributed by atoms with Gasteiger partial charge in [0.15, 0.2) is 0 Å². The summed E-state index contributed by atoms with van der Waals surface area (Å²) in [7, 11) is 0. The topological polar surface area (TPSA) is 66.3 Å². The molecule has 16 heavy (non-hydrogen) atoms. The van der Waals surface area contributed by atoms with Crippen LogP contribution < -0.4 is 0 Å². The highest BCUT2D eigenvalue weighted by Crippen LogP contribution is 2.25. The van der Waals surface area contributed by atoms with Crippen LogP contribution in [0.1, 0.15) is 23.8 Å². The third kappa shape index (κ3) is 2.01. The third-order valence-electron chi connectivity index (χ3n) is 2.74. The van der Waals surface area contributed by atoms with Crippen molar-refractivity contribution in [1.29, 1.82) is 0 Å². The maximum absolute atomic E-state index is 11.8. The lowest BCUT2D eigenvalue weighted by Crippen LogP contribution is -2.63. The fraction of sp³-hybridized carbons (Fsp3) is 0.500. The maximum atomic E-state index is 11.8. The van der Waals surface area contributed by atoms with Crippen LogP contribution in [0.25, 0.3) is 0 Å². The Morgan fingerprint density at radius 3 is 2.88 bits per heavy atom. The monoisotopic (exact) mass is 241 g/mol. The molecule has 0 aliphatic carbocycles. The molecule has 6 heteroatoms. The van der Waals surface area contributed by atoms with E-state index in [1.807, 2.05) is 6.92 Å². The highest BCUT2D eigenvalue weighted by atomic mass is 35.5. The van der Waals surface area contributed by atoms with Crippen molar-refractivity contribution < 1.29 is 9.90 Å². The Labute approximate surface area is 98.1 Å². The predicted octanol–water partition coefficient (Wildman–Crippen LogP) is 0.727. The molecule has 2 rings (SSSR count). The van der Waals surface area contributed by atoms with Crippen LogP contribution in [0.5, 0.6) is 0 Å². The average molecular weight is 242 g/mol. The molecule has 1 amide bonds. The minimum atomic E-state index is -0.734. The van der Waals surface area contributed by atoms with Gasteiger partial charge in [0.05, 0.1) is 31.1 Å². The van der Waals surface area contributed by atoms with Crippen molar-refractivity contribution in [3.8, 4) is 0 Å². The van der Waals surface area contributed by atoms with Crippen molar-refractivity contribution in [3.63, 3.8) is 0 Å². The highest BCUT2D eigenvalue weighted by molar-refractivity contribution is 6.29. The molecule has 0 radical (unpaired) electrons. The number of aromatic nitrogens is 2. The van der Waals surface area contributed by atoms with Crippen LogP contribution in [0, 0.1) is 0 Å². The number of hydrogen-bond donors (Lipinski definition) is 1. The van der Waals surface area contributed by atoms with Crippen LogP contribution in [0.15, 0.2) is 12.4 Å². The molecule has 86 valence electrons. The summed E-state index contributed by atoms with van der Waals surface area (Å²) in [6.07, 6.45) is 3.38. The van der Waals surface area contributed by atoms with E-state index in [2.05, 4.69) is 9.97 Å². The summed E-state index contributed by atoms with van der Waals surface area (Å²) in [6.45, 7) is 2.58. The van der Waals surface area contributed by atoms with Gasteiger partial charge in [0.2, 0.25) is 0 Å². The number of carbonyl (C=O) groups excluding carboxylic acids is 1. The molecule has 1 aromatic heterocycles. The number of halogens is 1. The van der Waals surface area contributed by atoms with Crippen LogP contribution in [-0.4, -0.2) is 44.6 Å². The first-order valence-electron chi connectivity index (χ1n) is 5.03. The molecule has 1 fully saturated rings. The van der Waals surface area contributed by atoms with E-state index >= 15 is 0 Å². The first-order chi connectivity index (χ1) is 7.54. The van der Waals surface area contributed by atoms with E-state index in [0.29, 0.717) is 19.5 Å². The van der Waals surface area contributed by atoms with Crippen LogP contribution in [0.3, 0.4) is 0 Å². The molecule has 0 unspecified atom stereocenters. The van der Waals surface area contributed by atoms with E-state index in [-0.39, 0.29) is 16.8 Å². The van der Waals surface area contributed by atoms with Gasteiger partial charge in [0.1, 0.15) is 10.8 Å². The number of rotatable bonds is 2. The molecule has 0 atom stereocenters. The SMILES string of the molecule is CCC1(O)CN(C(=O)c2cncc(Cl)n2)C1. The Morgan fingerprint density at radius 2 is 2.31 bits per heavy atom. The van der Waals surface area contributed by atoms with E-state index in [4.69, 9.17) is 11.6 Å². The zero-order chi connectivity index (χ0) is 11.8. The first-order valence-corrected chi connectivity index (χ1v) is 5.41. The average Bonchev–Trinajstić information content (AvgIpc) is 2.24. The number of nitrogens with zero attached hydrogens (tertiary/aromatic N) is 3. The molecular weight excluding hydrogens is 230 g/mol. The van der Waals surface area contributed by atoms with Gasteiger partial charge in [0.25, 0.3) is 5.91 Å². The van der Waals surface area contributed by atoms with Gasteiger partial charge in [-0.2, -0.15) is 0 Å². The van der Waals surface area contributed by atoms with Crippen molar-refractivity contribution in [1.82, 2.24) is 14.9 Å². The van der Waals surface area contributed by atoms with Gasteiger partial charge in [-0.05, 0) is 6.42 Å². The summed E-state index contributed by atoms with van der Waals surface area (Å²) in [5.41, 5.74) is -0.521. The maximum Gasteiger partial charge on any atom is 0.274 e. The molecule has 2 heterocycles. The number of hydrogen-bond acceptors (Lipinski definition) is 4. The first kappa shape index (κ1) is 11.3. The van der Waals surface area contributed by atoms with Crippen molar-refractivity contribution >= 4 is 17.5 Å². The summed E-state index contributed by atoms with van der Waals surface area (Å²) in [4.78, 5) is 21.0. The fourth-order valence-corrected chi connectivity index (χ4v) is 1.79. The largest absolute Gasteiger partial charge is 0.386 e.